The molecule has 0 heterocycles. The number of hydrogen-bond acceptors (Lipinski definition) is 3. The number of rotatable bonds is 9. The molecule has 0 fully saturated rings. The number of nitrogens with two attached hydrogens (primary N) is 1. The molecule has 0 amide bonds. The maximum Gasteiger partial charge on any atom is 0.156 e. The van der Waals surface area contributed by atoms with Gasteiger partial charge in [-0.2, -0.15) is 0 Å². The fourth-order valence-corrected chi connectivity index (χ4v) is 2.67. The molecule has 3 heteroatoms. The fourth-order valence-electron chi connectivity index (χ4n) is 2.67. The van der Waals surface area contributed by atoms with Gasteiger partial charge in [0.05, 0.1) is 6.61 Å². The van der Waals surface area contributed by atoms with Crippen LogP contribution < -0.4 is 10.5 Å². The van der Waals surface area contributed by atoms with Gasteiger partial charge >= 0.3 is 0 Å². The summed E-state index contributed by atoms with van der Waals surface area (Å²) in [5.74, 6) is 0.892. The SMILES string of the molecule is CCCOc1cccc(C(C)(CN)CC(=O)/C=C/c2ccccc2)c1. The van der Waals surface area contributed by atoms with Gasteiger partial charge in [0.15, 0.2) is 5.78 Å². The van der Waals surface area contributed by atoms with Gasteiger partial charge in [-0.3, -0.25) is 4.79 Å². The average Bonchev–Trinajstić information content (AvgIpc) is 2.65. The van der Waals surface area contributed by atoms with Crippen molar-refractivity contribution in [3.05, 3.63) is 71.8 Å². The number of carbonyl (C=O) groups is 1. The molecule has 2 aromatic carbocycles. The minimum atomic E-state index is -0.413. The summed E-state index contributed by atoms with van der Waals surface area (Å²) in [6.45, 7) is 5.18. The lowest BCUT2D eigenvalue weighted by Gasteiger charge is -2.28. The Labute approximate surface area is 150 Å². The van der Waals surface area contributed by atoms with E-state index in [4.69, 9.17) is 10.5 Å². The normalized spacial score (nSPS) is 13.6. The Hall–Kier alpha value is -2.39. The fraction of sp³-hybridized carbons (Fsp3) is 0.318. The first-order valence-corrected chi connectivity index (χ1v) is 8.77. The largest absolute Gasteiger partial charge is 0.494 e. The van der Waals surface area contributed by atoms with E-state index in [1.807, 2.05) is 67.6 Å². The second-order valence-electron chi connectivity index (χ2n) is 6.53. The van der Waals surface area contributed by atoms with Crippen LogP contribution in [0.15, 0.2) is 60.7 Å². The van der Waals surface area contributed by atoms with Crippen molar-refractivity contribution in [2.45, 2.75) is 32.1 Å². The van der Waals surface area contributed by atoms with Gasteiger partial charge < -0.3 is 10.5 Å². The quantitative estimate of drug-likeness (QED) is 0.692. The zero-order chi connectivity index (χ0) is 18.1. The lowest BCUT2D eigenvalue weighted by molar-refractivity contribution is -0.115. The van der Waals surface area contributed by atoms with Gasteiger partial charge in [-0.1, -0.05) is 62.4 Å². The van der Waals surface area contributed by atoms with Gasteiger partial charge in [-0.15, -0.1) is 0 Å². The number of ether oxygens (including phenoxy) is 1. The third-order valence-corrected chi connectivity index (χ3v) is 4.28. The van der Waals surface area contributed by atoms with E-state index in [0.717, 1.165) is 23.3 Å². The van der Waals surface area contributed by atoms with Gasteiger partial charge in [-0.25, -0.2) is 0 Å². The summed E-state index contributed by atoms with van der Waals surface area (Å²) in [6.07, 6.45) is 4.81. The van der Waals surface area contributed by atoms with Crippen molar-refractivity contribution in [1.29, 1.82) is 0 Å². The van der Waals surface area contributed by atoms with Crippen LogP contribution in [0.3, 0.4) is 0 Å². The van der Waals surface area contributed by atoms with E-state index in [1.165, 1.54) is 0 Å². The van der Waals surface area contributed by atoms with Crippen molar-refractivity contribution in [2.24, 2.45) is 5.73 Å². The zero-order valence-electron chi connectivity index (χ0n) is 15.1. The molecule has 132 valence electrons. The second-order valence-corrected chi connectivity index (χ2v) is 6.53. The van der Waals surface area contributed by atoms with Crippen LogP contribution in [0.1, 0.15) is 37.8 Å². The highest BCUT2D eigenvalue weighted by Crippen LogP contribution is 2.30. The highest BCUT2D eigenvalue weighted by atomic mass is 16.5. The summed E-state index contributed by atoms with van der Waals surface area (Å²) in [7, 11) is 0. The van der Waals surface area contributed by atoms with Gasteiger partial charge in [0.25, 0.3) is 0 Å². The molecule has 1 atom stereocenters. The summed E-state index contributed by atoms with van der Waals surface area (Å²) in [5.41, 5.74) is 7.66. The summed E-state index contributed by atoms with van der Waals surface area (Å²) >= 11 is 0. The van der Waals surface area contributed by atoms with E-state index >= 15 is 0 Å². The van der Waals surface area contributed by atoms with Gasteiger partial charge in [-0.05, 0) is 35.8 Å². The smallest absolute Gasteiger partial charge is 0.156 e. The maximum atomic E-state index is 12.4. The van der Waals surface area contributed by atoms with E-state index in [1.54, 1.807) is 6.08 Å². The number of carbonyl (C=O) groups excluding carboxylic acids is 1. The molecule has 3 nitrogen and oxygen atoms in total. The van der Waals surface area contributed by atoms with Gasteiger partial charge in [0, 0.05) is 18.4 Å². The first kappa shape index (κ1) is 18.9. The Bertz CT molecular complexity index is 709. The summed E-state index contributed by atoms with van der Waals surface area (Å²) in [4.78, 5) is 12.4. The number of allylic oxidation sites excluding steroid dienone is 1. The van der Waals surface area contributed by atoms with E-state index in [9.17, 15) is 4.79 Å². The van der Waals surface area contributed by atoms with Crippen LogP contribution in [-0.4, -0.2) is 18.9 Å². The molecule has 2 aromatic rings. The summed E-state index contributed by atoms with van der Waals surface area (Å²) in [5, 5.41) is 0. The zero-order valence-corrected chi connectivity index (χ0v) is 15.1. The molecular formula is C22H27NO2. The number of benzene rings is 2. The Morgan fingerprint density at radius 2 is 1.92 bits per heavy atom. The first-order valence-electron chi connectivity index (χ1n) is 8.77. The molecule has 2 rings (SSSR count). The van der Waals surface area contributed by atoms with Crippen LogP contribution in [0.25, 0.3) is 6.08 Å². The minimum Gasteiger partial charge on any atom is -0.494 e. The van der Waals surface area contributed by atoms with Crippen molar-refractivity contribution in [3.63, 3.8) is 0 Å². The highest BCUT2D eigenvalue weighted by Gasteiger charge is 2.27. The number of hydrogen-bond donors (Lipinski definition) is 1. The predicted molar refractivity (Wildman–Crippen MR) is 104 cm³/mol. The van der Waals surface area contributed by atoms with Crippen LogP contribution >= 0.6 is 0 Å². The van der Waals surface area contributed by atoms with E-state index in [-0.39, 0.29) is 5.78 Å². The number of ketones is 1. The Kier molecular flexibility index (Phi) is 6.96. The standard InChI is InChI=1S/C22H27NO2/c1-3-14-25-21-11-7-10-19(15-21)22(2,17-23)16-20(24)13-12-18-8-5-4-6-9-18/h4-13,15H,3,14,16-17,23H2,1-2H3/b13-12+. The first-order chi connectivity index (χ1) is 12.1. The lowest BCUT2D eigenvalue weighted by atomic mass is 9.78. The molecule has 0 aliphatic heterocycles. The molecule has 0 aliphatic carbocycles. The third-order valence-electron chi connectivity index (χ3n) is 4.28. The third kappa shape index (κ3) is 5.57. The highest BCUT2D eigenvalue weighted by molar-refractivity contribution is 5.94. The van der Waals surface area contributed by atoms with Crippen molar-refractivity contribution in [3.8, 4) is 5.75 Å². The molecule has 2 N–H and O–H groups in total. The van der Waals surface area contributed by atoms with Crippen molar-refractivity contribution in [1.82, 2.24) is 0 Å². The van der Waals surface area contributed by atoms with Gasteiger partial charge in [0.1, 0.15) is 5.75 Å². The van der Waals surface area contributed by atoms with E-state index < -0.39 is 5.41 Å². The molecule has 25 heavy (non-hydrogen) atoms. The van der Waals surface area contributed by atoms with Crippen LogP contribution in [0, 0.1) is 0 Å². The monoisotopic (exact) mass is 337 g/mol. The Morgan fingerprint density at radius 1 is 1.16 bits per heavy atom. The molecular weight excluding hydrogens is 310 g/mol. The topological polar surface area (TPSA) is 52.3 Å². The molecule has 0 spiro atoms. The Balaban J connectivity index is 2.11. The summed E-state index contributed by atoms with van der Waals surface area (Å²) < 4.78 is 5.71. The van der Waals surface area contributed by atoms with Crippen molar-refractivity contribution in [2.75, 3.05) is 13.2 Å². The molecule has 0 saturated heterocycles. The predicted octanol–water partition coefficient (Wildman–Crippen LogP) is 4.36. The second kappa shape index (κ2) is 9.19. The molecule has 1 unspecified atom stereocenters. The molecule has 0 aromatic heterocycles. The van der Waals surface area contributed by atoms with Crippen LogP contribution in [-0.2, 0) is 10.2 Å². The van der Waals surface area contributed by atoms with Crippen molar-refractivity contribution < 1.29 is 9.53 Å². The molecule has 0 aliphatic rings. The maximum absolute atomic E-state index is 12.4. The van der Waals surface area contributed by atoms with E-state index in [0.29, 0.717) is 19.6 Å². The van der Waals surface area contributed by atoms with Crippen LogP contribution in [0.2, 0.25) is 0 Å². The lowest BCUT2D eigenvalue weighted by Crippen LogP contribution is -2.34. The van der Waals surface area contributed by atoms with Crippen LogP contribution in [0.4, 0.5) is 0 Å². The van der Waals surface area contributed by atoms with Crippen molar-refractivity contribution >= 4 is 11.9 Å². The molecule has 0 bridgehead atoms. The minimum absolute atomic E-state index is 0.0664. The molecule has 0 saturated carbocycles. The molecule has 0 radical (unpaired) electrons. The van der Waals surface area contributed by atoms with Gasteiger partial charge in [0.2, 0.25) is 0 Å². The average molecular weight is 337 g/mol. The Morgan fingerprint density at radius 3 is 2.60 bits per heavy atom. The summed E-state index contributed by atoms with van der Waals surface area (Å²) in [6, 6.07) is 17.7. The van der Waals surface area contributed by atoms with E-state index in [2.05, 4.69) is 6.92 Å². The van der Waals surface area contributed by atoms with Crippen LogP contribution in [0.5, 0.6) is 5.75 Å².